The molecule has 0 bridgehead atoms. The number of benzene rings is 2. The Labute approximate surface area is 160 Å². The van der Waals surface area contributed by atoms with Crippen LogP contribution in [0.2, 0.25) is 0 Å². The molecule has 5 nitrogen and oxygen atoms in total. The monoisotopic (exact) mass is 365 g/mol. The molecule has 3 rings (SSSR count). The van der Waals surface area contributed by atoms with Gasteiger partial charge in [0.25, 0.3) is 5.91 Å². The molecule has 0 aliphatic carbocycles. The average molecular weight is 365 g/mol. The summed E-state index contributed by atoms with van der Waals surface area (Å²) in [7, 11) is 0. The van der Waals surface area contributed by atoms with Gasteiger partial charge < -0.3 is 15.5 Å². The molecule has 2 aromatic rings. The Hall–Kier alpha value is -2.82. The average Bonchev–Trinajstić information content (AvgIpc) is 2.99. The van der Waals surface area contributed by atoms with Crippen LogP contribution >= 0.6 is 0 Å². The van der Waals surface area contributed by atoms with E-state index in [1.165, 1.54) is 18.4 Å². The third kappa shape index (κ3) is 5.33. The van der Waals surface area contributed by atoms with Gasteiger partial charge in [-0.2, -0.15) is 0 Å². The summed E-state index contributed by atoms with van der Waals surface area (Å²) in [5, 5.41) is 5.82. The number of likely N-dealkylation sites (tertiary alicyclic amines) is 1. The summed E-state index contributed by atoms with van der Waals surface area (Å²) in [6.45, 7) is 3.72. The van der Waals surface area contributed by atoms with Crippen molar-refractivity contribution in [2.45, 2.75) is 39.0 Å². The Morgan fingerprint density at radius 2 is 1.37 bits per heavy atom. The Kier molecular flexibility index (Phi) is 6.47. The minimum atomic E-state index is -0.140. The van der Waals surface area contributed by atoms with Crippen LogP contribution in [0.15, 0.2) is 48.5 Å². The van der Waals surface area contributed by atoms with Crippen LogP contribution in [0, 0.1) is 0 Å². The zero-order chi connectivity index (χ0) is 19.1. The SMILES string of the molecule is CCc1ccc(C(=O)Nc2ccc(NC(=O)N3CCCCCC3)cc2)cc1. The fourth-order valence-electron chi connectivity index (χ4n) is 3.21. The van der Waals surface area contributed by atoms with E-state index in [9.17, 15) is 9.59 Å². The van der Waals surface area contributed by atoms with E-state index in [2.05, 4.69) is 17.6 Å². The molecular weight excluding hydrogens is 338 g/mol. The van der Waals surface area contributed by atoms with Crippen LogP contribution in [0.5, 0.6) is 0 Å². The molecule has 142 valence electrons. The topological polar surface area (TPSA) is 61.4 Å². The number of anilines is 2. The summed E-state index contributed by atoms with van der Waals surface area (Å²) < 4.78 is 0. The maximum absolute atomic E-state index is 12.4. The number of rotatable bonds is 4. The molecule has 0 unspecified atom stereocenters. The van der Waals surface area contributed by atoms with Gasteiger partial charge in [0, 0.05) is 30.0 Å². The smallest absolute Gasteiger partial charge is 0.321 e. The lowest BCUT2D eigenvalue weighted by Crippen LogP contribution is -2.35. The molecule has 2 aromatic carbocycles. The number of amides is 3. The van der Waals surface area contributed by atoms with Crippen molar-refractivity contribution in [1.29, 1.82) is 0 Å². The van der Waals surface area contributed by atoms with Gasteiger partial charge in [-0.05, 0) is 61.2 Å². The molecule has 1 fully saturated rings. The van der Waals surface area contributed by atoms with Gasteiger partial charge in [0.05, 0.1) is 0 Å². The van der Waals surface area contributed by atoms with Crippen molar-refractivity contribution in [1.82, 2.24) is 4.90 Å². The van der Waals surface area contributed by atoms with Gasteiger partial charge in [-0.1, -0.05) is 31.9 Å². The first-order valence-corrected chi connectivity index (χ1v) is 9.72. The first-order valence-electron chi connectivity index (χ1n) is 9.72. The number of aryl methyl sites for hydroxylation is 1. The second-order valence-electron chi connectivity index (χ2n) is 6.91. The molecule has 1 saturated heterocycles. The zero-order valence-electron chi connectivity index (χ0n) is 15.8. The van der Waals surface area contributed by atoms with Crippen LogP contribution in [-0.2, 0) is 6.42 Å². The Morgan fingerprint density at radius 1 is 0.815 bits per heavy atom. The number of carbonyl (C=O) groups is 2. The third-order valence-corrected chi connectivity index (χ3v) is 4.91. The van der Waals surface area contributed by atoms with Crippen LogP contribution in [0.3, 0.4) is 0 Å². The van der Waals surface area contributed by atoms with Crippen LogP contribution in [0.4, 0.5) is 16.2 Å². The van der Waals surface area contributed by atoms with E-state index in [1.54, 1.807) is 12.1 Å². The summed E-state index contributed by atoms with van der Waals surface area (Å²) in [6, 6.07) is 14.8. The number of hydrogen-bond donors (Lipinski definition) is 2. The number of carbonyl (C=O) groups excluding carboxylic acids is 2. The van der Waals surface area contributed by atoms with E-state index in [0.717, 1.165) is 38.0 Å². The maximum atomic E-state index is 12.4. The molecule has 1 aliphatic heterocycles. The van der Waals surface area contributed by atoms with E-state index in [0.29, 0.717) is 11.3 Å². The Balaban J connectivity index is 1.56. The molecule has 5 heteroatoms. The fourth-order valence-corrected chi connectivity index (χ4v) is 3.21. The highest BCUT2D eigenvalue weighted by atomic mass is 16.2. The van der Waals surface area contributed by atoms with Gasteiger partial charge in [-0.25, -0.2) is 4.79 Å². The number of nitrogens with zero attached hydrogens (tertiary/aromatic N) is 1. The van der Waals surface area contributed by atoms with Crippen LogP contribution in [0.1, 0.15) is 48.5 Å². The number of hydrogen-bond acceptors (Lipinski definition) is 2. The van der Waals surface area contributed by atoms with Gasteiger partial charge in [0.2, 0.25) is 0 Å². The summed E-state index contributed by atoms with van der Waals surface area (Å²) in [4.78, 5) is 26.6. The lowest BCUT2D eigenvalue weighted by Gasteiger charge is -2.20. The van der Waals surface area contributed by atoms with E-state index in [-0.39, 0.29) is 11.9 Å². The Bertz CT molecular complexity index is 761. The van der Waals surface area contributed by atoms with Crippen molar-refractivity contribution < 1.29 is 9.59 Å². The van der Waals surface area contributed by atoms with E-state index in [4.69, 9.17) is 0 Å². The Morgan fingerprint density at radius 3 is 1.93 bits per heavy atom. The van der Waals surface area contributed by atoms with Gasteiger partial charge in [0.1, 0.15) is 0 Å². The van der Waals surface area contributed by atoms with Crippen molar-refractivity contribution in [2.75, 3.05) is 23.7 Å². The van der Waals surface area contributed by atoms with Gasteiger partial charge in [0.15, 0.2) is 0 Å². The summed E-state index contributed by atoms with van der Waals surface area (Å²) in [5.74, 6) is -0.140. The maximum Gasteiger partial charge on any atom is 0.321 e. The van der Waals surface area contributed by atoms with Crippen LogP contribution < -0.4 is 10.6 Å². The number of urea groups is 1. The standard InChI is InChI=1S/C22H27N3O2/c1-2-17-7-9-18(10-8-17)21(26)23-19-11-13-20(14-12-19)24-22(27)25-15-5-3-4-6-16-25/h7-14H,2-6,15-16H2,1H3,(H,23,26)(H,24,27). The lowest BCUT2D eigenvalue weighted by molar-refractivity contribution is 0.102. The van der Waals surface area contributed by atoms with Crippen molar-refractivity contribution in [3.63, 3.8) is 0 Å². The minimum absolute atomic E-state index is 0.0512. The normalized spacial score (nSPS) is 14.3. The quantitative estimate of drug-likeness (QED) is 0.809. The highest BCUT2D eigenvalue weighted by Crippen LogP contribution is 2.17. The summed E-state index contributed by atoms with van der Waals surface area (Å²) in [5.41, 5.74) is 3.27. The molecule has 0 spiro atoms. The van der Waals surface area contributed by atoms with Gasteiger partial charge in [-0.15, -0.1) is 0 Å². The zero-order valence-corrected chi connectivity index (χ0v) is 15.8. The predicted molar refractivity (Wildman–Crippen MR) is 109 cm³/mol. The molecule has 0 atom stereocenters. The highest BCUT2D eigenvalue weighted by Gasteiger charge is 2.15. The van der Waals surface area contributed by atoms with Crippen LogP contribution in [-0.4, -0.2) is 29.9 Å². The molecular formula is C22H27N3O2. The van der Waals surface area contributed by atoms with Gasteiger partial charge in [-0.3, -0.25) is 4.79 Å². The largest absolute Gasteiger partial charge is 0.325 e. The van der Waals surface area contributed by atoms with Crippen molar-refractivity contribution in [3.8, 4) is 0 Å². The second kappa shape index (κ2) is 9.21. The van der Waals surface area contributed by atoms with E-state index in [1.807, 2.05) is 41.3 Å². The first kappa shape index (κ1) is 19.0. The highest BCUT2D eigenvalue weighted by molar-refractivity contribution is 6.04. The lowest BCUT2D eigenvalue weighted by atomic mass is 10.1. The van der Waals surface area contributed by atoms with Crippen molar-refractivity contribution in [2.24, 2.45) is 0 Å². The molecule has 0 aromatic heterocycles. The minimum Gasteiger partial charge on any atom is -0.325 e. The fraction of sp³-hybridized carbons (Fsp3) is 0.364. The summed E-state index contributed by atoms with van der Waals surface area (Å²) >= 11 is 0. The molecule has 0 radical (unpaired) electrons. The summed E-state index contributed by atoms with van der Waals surface area (Å²) in [6.07, 6.45) is 5.47. The van der Waals surface area contributed by atoms with Crippen LogP contribution in [0.25, 0.3) is 0 Å². The van der Waals surface area contributed by atoms with E-state index >= 15 is 0 Å². The molecule has 1 aliphatic rings. The van der Waals surface area contributed by atoms with Gasteiger partial charge >= 0.3 is 6.03 Å². The number of nitrogens with one attached hydrogen (secondary N) is 2. The molecule has 27 heavy (non-hydrogen) atoms. The van der Waals surface area contributed by atoms with Crippen molar-refractivity contribution >= 4 is 23.3 Å². The molecule has 0 saturated carbocycles. The molecule has 2 N–H and O–H groups in total. The third-order valence-electron chi connectivity index (χ3n) is 4.91. The molecule has 1 heterocycles. The first-order chi connectivity index (χ1) is 13.2. The molecule has 3 amide bonds. The second-order valence-corrected chi connectivity index (χ2v) is 6.91. The van der Waals surface area contributed by atoms with E-state index < -0.39 is 0 Å². The van der Waals surface area contributed by atoms with Crippen molar-refractivity contribution in [3.05, 3.63) is 59.7 Å². The predicted octanol–water partition coefficient (Wildman–Crippen LogP) is 4.91.